The molecule has 0 saturated heterocycles. The molecule has 3 nitrogen and oxygen atoms in total. The minimum absolute atomic E-state index is 0.615. The molecular weight excluding hydrogens is 238 g/mol. The van der Waals surface area contributed by atoms with Gasteiger partial charge in [-0.05, 0) is 36.8 Å². The number of halogens is 1. The highest BCUT2D eigenvalue weighted by Crippen LogP contribution is 2.29. The number of rotatable bonds is 2. The topological polar surface area (TPSA) is 42.4 Å². The highest BCUT2D eigenvalue weighted by Gasteiger charge is 2.07. The Hall–Kier alpha value is -1.74. The monoisotopic (exact) mass is 249 g/mol. The van der Waals surface area contributed by atoms with Crippen LogP contribution >= 0.6 is 11.6 Å². The van der Waals surface area contributed by atoms with Gasteiger partial charge in [-0.2, -0.15) is 0 Å². The van der Waals surface area contributed by atoms with Crippen LogP contribution in [-0.2, 0) is 0 Å². The summed E-state index contributed by atoms with van der Waals surface area (Å²) in [6.07, 6.45) is 2.57. The summed E-state index contributed by atoms with van der Waals surface area (Å²) in [5, 5.41) is 10.3. The van der Waals surface area contributed by atoms with Gasteiger partial charge in [0.25, 0.3) is 0 Å². The van der Waals surface area contributed by atoms with Crippen molar-refractivity contribution in [3.05, 3.63) is 40.7 Å². The predicted molar refractivity (Wildman–Crippen MR) is 69.7 cm³/mol. The highest BCUT2D eigenvalue weighted by atomic mass is 35.5. The van der Waals surface area contributed by atoms with Crippen LogP contribution in [0.5, 0.6) is 5.75 Å². The summed E-state index contributed by atoms with van der Waals surface area (Å²) >= 11 is 6.04. The van der Waals surface area contributed by atoms with Crippen molar-refractivity contribution in [2.45, 2.75) is 6.92 Å². The van der Waals surface area contributed by atoms with Gasteiger partial charge in [-0.3, -0.25) is 0 Å². The Morgan fingerprint density at radius 1 is 1.35 bits per heavy atom. The summed E-state index contributed by atoms with van der Waals surface area (Å²) in [6.45, 7) is 1.85. The Morgan fingerprint density at radius 3 is 2.76 bits per heavy atom. The van der Waals surface area contributed by atoms with Gasteiger partial charge in [0, 0.05) is 5.39 Å². The van der Waals surface area contributed by atoms with Crippen molar-refractivity contribution in [2.75, 3.05) is 7.11 Å². The molecule has 88 valence electrons. The Morgan fingerprint density at radius 2 is 2.12 bits per heavy atom. The zero-order chi connectivity index (χ0) is 12.4. The summed E-state index contributed by atoms with van der Waals surface area (Å²) in [5.41, 5.74) is 2.37. The summed E-state index contributed by atoms with van der Waals surface area (Å²) in [6, 6.07) is 5.55. The molecule has 0 amide bonds. The number of aliphatic hydroxyl groups is 1. The van der Waals surface area contributed by atoms with Crippen LogP contribution in [0.3, 0.4) is 0 Å². The van der Waals surface area contributed by atoms with Crippen LogP contribution in [0.1, 0.15) is 11.3 Å². The van der Waals surface area contributed by atoms with E-state index in [9.17, 15) is 0 Å². The van der Waals surface area contributed by atoms with Gasteiger partial charge in [-0.15, -0.1) is 0 Å². The van der Waals surface area contributed by atoms with E-state index < -0.39 is 0 Å². The maximum Gasteiger partial charge on any atom is 0.145 e. The van der Waals surface area contributed by atoms with Crippen molar-refractivity contribution in [3.8, 4) is 5.75 Å². The number of methoxy groups -OCH3 is 1. The van der Waals surface area contributed by atoms with Crippen LogP contribution in [0.25, 0.3) is 17.0 Å². The van der Waals surface area contributed by atoms with Crippen LogP contribution in [-0.4, -0.2) is 17.2 Å². The van der Waals surface area contributed by atoms with Crippen LogP contribution in [0.15, 0.2) is 24.5 Å². The number of aryl methyl sites for hydroxylation is 1. The molecule has 1 N–H and O–H groups in total. The normalized spacial score (nSPS) is 11.2. The Balaban J connectivity index is 2.77. The molecule has 0 unspecified atom stereocenters. The molecule has 0 spiro atoms. The molecule has 0 fully saturated rings. The Labute approximate surface area is 104 Å². The van der Waals surface area contributed by atoms with Crippen molar-refractivity contribution >= 4 is 28.6 Å². The van der Waals surface area contributed by atoms with E-state index in [0.29, 0.717) is 10.8 Å². The first-order valence-electron chi connectivity index (χ1n) is 5.11. The summed E-state index contributed by atoms with van der Waals surface area (Å²) in [5.74, 6) is 0.662. The fourth-order valence-corrected chi connectivity index (χ4v) is 1.84. The molecular formula is C13H12ClNO2. The van der Waals surface area contributed by atoms with E-state index in [0.717, 1.165) is 28.4 Å². The molecule has 2 rings (SSSR count). The fourth-order valence-electron chi connectivity index (χ4n) is 1.68. The lowest BCUT2D eigenvalue weighted by atomic mass is 10.1. The minimum Gasteiger partial charge on any atom is -0.516 e. The van der Waals surface area contributed by atoms with E-state index in [1.54, 1.807) is 13.2 Å². The van der Waals surface area contributed by atoms with Gasteiger partial charge in [-0.25, -0.2) is 4.98 Å². The highest BCUT2D eigenvalue weighted by molar-refractivity contribution is 6.31. The number of aromatic nitrogens is 1. The van der Waals surface area contributed by atoms with E-state index in [4.69, 9.17) is 21.4 Å². The first-order chi connectivity index (χ1) is 8.15. The molecule has 0 bridgehead atoms. The molecule has 1 heterocycles. The molecule has 0 saturated carbocycles. The average Bonchev–Trinajstić information content (AvgIpc) is 2.31. The van der Waals surface area contributed by atoms with E-state index in [2.05, 4.69) is 4.98 Å². The van der Waals surface area contributed by atoms with Crippen molar-refractivity contribution in [1.82, 2.24) is 4.98 Å². The Bertz CT molecular complexity index is 593. The number of ether oxygens (including phenoxy) is 1. The quantitative estimate of drug-likeness (QED) is 0.825. The lowest BCUT2D eigenvalue weighted by Gasteiger charge is -2.08. The maximum atomic E-state index is 8.79. The number of fused-ring (bicyclic) bond motifs is 1. The molecule has 0 aliphatic rings. The fraction of sp³-hybridized carbons (Fsp3) is 0.154. The molecule has 0 aliphatic heterocycles. The van der Waals surface area contributed by atoms with Crippen LogP contribution < -0.4 is 4.74 Å². The maximum absolute atomic E-state index is 8.79. The van der Waals surface area contributed by atoms with Gasteiger partial charge >= 0.3 is 0 Å². The predicted octanol–water partition coefficient (Wildman–Crippen LogP) is 3.73. The molecule has 1 aromatic carbocycles. The second-order valence-corrected chi connectivity index (χ2v) is 4.07. The van der Waals surface area contributed by atoms with Gasteiger partial charge < -0.3 is 9.84 Å². The molecule has 0 radical (unpaired) electrons. The number of hydrogen-bond acceptors (Lipinski definition) is 3. The van der Waals surface area contributed by atoms with Crippen molar-refractivity contribution < 1.29 is 9.84 Å². The standard InChI is InChI=1S/C13H12ClNO2/c1-8-11(14)7-10-5-9(3-4-16)6-12(17-2)13(10)15-8/h3-7,16H,1-2H3. The van der Waals surface area contributed by atoms with Crippen LogP contribution in [0.4, 0.5) is 0 Å². The third-order valence-electron chi connectivity index (χ3n) is 2.52. The lowest BCUT2D eigenvalue weighted by Crippen LogP contribution is -1.91. The van der Waals surface area contributed by atoms with E-state index in [-0.39, 0.29) is 0 Å². The summed E-state index contributed by atoms with van der Waals surface area (Å²) < 4.78 is 5.29. The SMILES string of the molecule is COc1cc(C=CO)cc2cc(Cl)c(C)nc12. The van der Waals surface area contributed by atoms with Gasteiger partial charge in [0.2, 0.25) is 0 Å². The van der Waals surface area contributed by atoms with Crippen LogP contribution in [0, 0.1) is 6.92 Å². The summed E-state index contributed by atoms with van der Waals surface area (Å²) in [4.78, 5) is 4.40. The lowest BCUT2D eigenvalue weighted by molar-refractivity contribution is 0.418. The van der Waals surface area contributed by atoms with Crippen molar-refractivity contribution in [1.29, 1.82) is 0 Å². The number of hydrogen-bond donors (Lipinski definition) is 1. The Kier molecular flexibility index (Phi) is 3.20. The van der Waals surface area contributed by atoms with Gasteiger partial charge in [0.15, 0.2) is 0 Å². The van der Waals surface area contributed by atoms with Gasteiger partial charge in [0.1, 0.15) is 11.3 Å². The first-order valence-corrected chi connectivity index (χ1v) is 5.49. The molecule has 0 aliphatic carbocycles. The molecule has 2 aromatic rings. The minimum atomic E-state index is 0.615. The van der Waals surface area contributed by atoms with Crippen molar-refractivity contribution in [2.24, 2.45) is 0 Å². The van der Waals surface area contributed by atoms with Gasteiger partial charge in [0.05, 0.1) is 24.1 Å². The smallest absolute Gasteiger partial charge is 0.145 e. The van der Waals surface area contributed by atoms with E-state index in [1.807, 2.05) is 25.1 Å². The zero-order valence-electron chi connectivity index (χ0n) is 9.57. The number of benzene rings is 1. The summed E-state index contributed by atoms with van der Waals surface area (Å²) in [7, 11) is 1.59. The molecule has 1 aromatic heterocycles. The average molecular weight is 250 g/mol. The van der Waals surface area contributed by atoms with Gasteiger partial charge in [-0.1, -0.05) is 11.6 Å². The third kappa shape index (κ3) is 2.19. The third-order valence-corrected chi connectivity index (χ3v) is 2.90. The van der Waals surface area contributed by atoms with E-state index in [1.165, 1.54) is 0 Å². The molecule has 0 atom stereocenters. The van der Waals surface area contributed by atoms with Crippen LogP contribution in [0.2, 0.25) is 5.02 Å². The number of aliphatic hydroxyl groups excluding tert-OH is 1. The number of pyridine rings is 1. The molecule has 4 heteroatoms. The second-order valence-electron chi connectivity index (χ2n) is 3.67. The largest absolute Gasteiger partial charge is 0.516 e. The van der Waals surface area contributed by atoms with Crippen molar-refractivity contribution in [3.63, 3.8) is 0 Å². The number of nitrogens with zero attached hydrogens (tertiary/aromatic N) is 1. The second kappa shape index (κ2) is 4.63. The first kappa shape index (κ1) is 11.7. The zero-order valence-corrected chi connectivity index (χ0v) is 10.3. The van der Waals surface area contributed by atoms with E-state index >= 15 is 0 Å². The molecule has 17 heavy (non-hydrogen) atoms.